The zero-order valence-corrected chi connectivity index (χ0v) is 6.03. The average Bonchev–Trinajstić information content (AvgIpc) is 0.722. The van der Waals surface area contributed by atoms with Crippen LogP contribution in [-0.2, 0) is 19.8 Å². The first-order valence-electron chi connectivity index (χ1n) is 0.816. The Labute approximate surface area is 48.6 Å². The van der Waals surface area contributed by atoms with E-state index in [2.05, 4.69) is 0 Å². The molecule has 4 nitrogen and oxygen atoms in total. The molecule has 0 bridgehead atoms. The molecule has 36 valence electrons. The number of hydrogen-bond acceptors (Lipinski definition) is 4. The number of hydrogen-bond donors (Lipinski definition) is 0. The van der Waals surface area contributed by atoms with Crippen LogP contribution in [-0.4, -0.2) is 9.05 Å². The summed E-state index contributed by atoms with van der Waals surface area (Å²) in [7, 11) is -5.61. The van der Waals surface area contributed by atoms with Crippen molar-refractivity contribution in [2.75, 3.05) is 0 Å². The van der Waals surface area contributed by atoms with Crippen molar-refractivity contribution in [1.29, 1.82) is 0 Å². The molecule has 6 heteroatoms. The third-order valence-electron chi connectivity index (χ3n) is 0. The van der Waals surface area contributed by atoms with Gasteiger partial charge in [-0.05, 0) is 0 Å². The van der Waals surface area contributed by atoms with Gasteiger partial charge in [-0.3, -0.25) is 0 Å². The molecule has 0 aromatic heterocycles. The molecule has 0 unspecified atom stereocenters. The van der Waals surface area contributed by atoms with Gasteiger partial charge in [-0.15, -0.1) is 0 Å². The molecule has 0 fully saturated rings. The third-order valence-corrected chi connectivity index (χ3v) is 0. The van der Waals surface area contributed by atoms with Crippen LogP contribution in [0.15, 0.2) is 0 Å². The molecule has 0 saturated carbocycles. The normalized spacial score (nSPS) is 10.0. The molecular formula is O4OsSi. The largest absolute Gasteiger partial charge is 4.00 e. The van der Waals surface area contributed by atoms with Crippen molar-refractivity contribution in [3.8, 4) is 0 Å². The van der Waals surface area contributed by atoms with Crippen LogP contribution >= 0.6 is 0 Å². The molecule has 0 aromatic carbocycles. The fourth-order valence-electron chi connectivity index (χ4n) is 0. The van der Waals surface area contributed by atoms with E-state index in [4.69, 9.17) is 19.2 Å². The maximum atomic E-state index is 8.58. The monoisotopic (exact) mass is 284 g/mol. The van der Waals surface area contributed by atoms with E-state index in [1.54, 1.807) is 0 Å². The molecule has 0 heterocycles. The molecule has 0 amide bonds. The van der Waals surface area contributed by atoms with Crippen LogP contribution < -0.4 is 19.2 Å². The Morgan fingerprint density at radius 3 is 0.833 bits per heavy atom. The predicted octanol–water partition coefficient (Wildman–Crippen LogP) is -5.14. The van der Waals surface area contributed by atoms with E-state index in [1.807, 2.05) is 0 Å². The van der Waals surface area contributed by atoms with E-state index in [1.165, 1.54) is 0 Å². The fraction of sp³-hybridized carbons (Fsp3) is 0. The van der Waals surface area contributed by atoms with Gasteiger partial charge >= 0.3 is 19.8 Å². The Bertz CT molecular complexity index is 23.0. The molecule has 6 heavy (non-hydrogen) atoms. The molecule has 0 aliphatic carbocycles. The molecule has 0 spiro atoms. The van der Waals surface area contributed by atoms with Gasteiger partial charge in [-0.1, -0.05) is 0 Å². The summed E-state index contributed by atoms with van der Waals surface area (Å²) < 4.78 is 0. The smallest absolute Gasteiger partial charge is 0.894 e. The Kier molecular flexibility index (Phi) is 4.60. The van der Waals surface area contributed by atoms with Crippen molar-refractivity contribution < 1.29 is 39.0 Å². The zero-order valence-electron chi connectivity index (χ0n) is 2.49. The Balaban J connectivity index is 0. The first kappa shape index (κ1) is 9.85. The summed E-state index contributed by atoms with van der Waals surface area (Å²) in [6.07, 6.45) is 0. The summed E-state index contributed by atoms with van der Waals surface area (Å²) in [5.74, 6) is 0. The minimum Gasteiger partial charge on any atom is -0.894 e. The minimum absolute atomic E-state index is 0. The summed E-state index contributed by atoms with van der Waals surface area (Å²) in [5.41, 5.74) is 0. The van der Waals surface area contributed by atoms with Crippen molar-refractivity contribution in [2.24, 2.45) is 0 Å². The van der Waals surface area contributed by atoms with Crippen molar-refractivity contribution >= 4 is 9.05 Å². The SMILES string of the molecule is [O-][Si]([O-])([O-])[O-].[Os+4]. The standard InChI is InChI=1S/O4Si.Os/c1-5(2,3)4;/q-4;+4. The second kappa shape index (κ2) is 2.80. The van der Waals surface area contributed by atoms with Crippen molar-refractivity contribution in [3.05, 3.63) is 0 Å². The summed E-state index contributed by atoms with van der Waals surface area (Å²) in [5, 5.41) is 0. The first-order valence-corrected chi connectivity index (χ1v) is 2.45. The van der Waals surface area contributed by atoms with Gasteiger partial charge in [0.2, 0.25) is 0 Å². The molecule has 0 N–H and O–H groups in total. The second-order valence-electron chi connectivity index (χ2n) is 0.500. The Morgan fingerprint density at radius 1 is 0.833 bits per heavy atom. The van der Waals surface area contributed by atoms with Crippen LogP contribution in [0.25, 0.3) is 0 Å². The van der Waals surface area contributed by atoms with E-state index in [0.717, 1.165) is 0 Å². The molecular weight excluding hydrogens is 282 g/mol. The molecule has 0 aromatic rings. The van der Waals surface area contributed by atoms with Crippen LogP contribution in [0.5, 0.6) is 0 Å². The number of rotatable bonds is 0. The van der Waals surface area contributed by atoms with Crippen molar-refractivity contribution in [2.45, 2.75) is 0 Å². The quantitative estimate of drug-likeness (QED) is 0.415. The van der Waals surface area contributed by atoms with Gasteiger partial charge in [0.25, 0.3) is 0 Å². The fourth-order valence-corrected chi connectivity index (χ4v) is 0. The van der Waals surface area contributed by atoms with Crippen LogP contribution in [0.2, 0.25) is 0 Å². The maximum Gasteiger partial charge on any atom is 4.00 e. The van der Waals surface area contributed by atoms with E-state index in [0.29, 0.717) is 0 Å². The molecule has 0 atom stereocenters. The van der Waals surface area contributed by atoms with Gasteiger partial charge in [0.1, 0.15) is 0 Å². The molecule has 0 saturated heterocycles. The van der Waals surface area contributed by atoms with E-state index >= 15 is 0 Å². The Morgan fingerprint density at radius 2 is 0.833 bits per heavy atom. The summed E-state index contributed by atoms with van der Waals surface area (Å²) in [6.45, 7) is 0. The van der Waals surface area contributed by atoms with Crippen LogP contribution in [0.1, 0.15) is 0 Å². The maximum absolute atomic E-state index is 8.58. The minimum atomic E-state index is -5.61. The first-order chi connectivity index (χ1) is 2.00. The average molecular weight is 282 g/mol. The molecule has 0 radical (unpaired) electrons. The third kappa shape index (κ3) is 133. The van der Waals surface area contributed by atoms with Crippen LogP contribution in [0.4, 0.5) is 0 Å². The summed E-state index contributed by atoms with van der Waals surface area (Å²) in [6, 6.07) is 0. The zero-order chi connectivity index (χ0) is 4.50. The van der Waals surface area contributed by atoms with Gasteiger partial charge in [0.05, 0.1) is 0 Å². The summed E-state index contributed by atoms with van der Waals surface area (Å²) in [4.78, 5) is 34.3. The van der Waals surface area contributed by atoms with Gasteiger partial charge in [-0.2, -0.15) is 0 Å². The molecule has 0 aliphatic heterocycles. The van der Waals surface area contributed by atoms with Crippen LogP contribution in [0.3, 0.4) is 0 Å². The van der Waals surface area contributed by atoms with Crippen molar-refractivity contribution in [1.82, 2.24) is 0 Å². The topological polar surface area (TPSA) is 92.2 Å². The Hall–Kier alpha value is 0.693. The van der Waals surface area contributed by atoms with Gasteiger partial charge < -0.3 is 28.2 Å². The summed E-state index contributed by atoms with van der Waals surface area (Å²) >= 11 is 0. The van der Waals surface area contributed by atoms with Gasteiger partial charge in [0, 0.05) is 0 Å². The second-order valence-corrected chi connectivity index (χ2v) is 1.50. The molecule has 0 rings (SSSR count). The van der Waals surface area contributed by atoms with E-state index < -0.39 is 9.05 Å². The van der Waals surface area contributed by atoms with E-state index in [9.17, 15) is 0 Å². The molecule has 0 aliphatic rings. The van der Waals surface area contributed by atoms with E-state index in [-0.39, 0.29) is 19.8 Å². The van der Waals surface area contributed by atoms with Gasteiger partial charge in [0.15, 0.2) is 0 Å². The van der Waals surface area contributed by atoms with Crippen molar-refractivity contribution in [3.63, 3.8) is 0 Å². The van der Waals surface area contributed by atoms with Gasteiger partial charge in [-0.25, -0.2) is 0 Å². The predicted molar refractivity (Wildman–Crippen MR) is 5.75 cm³/mol. The van der Waals surface area contributed by atoms with Crippen LogP contribution in [0, 0.1) is 0 Å².